The summed E-state index contributed by atoms with van der Waals surface area (Å²) in [6.07, 6.45) is 3.58. The normalized spacial score (nSPS) is 10.6. The van der Waals surface area contributed by atoms with Crippen LogP contribution in [0.15, 0.2) is 54.9 Å². The molecule has 3 rings (SSSR count). The maximum Gasteiger partial charge on any atom is 0.272 e. The smallest absolute Gasteiger partial charge is 0.272 e. The molecule has 5 nitrogen and oxygen atoms in total. The SMILES string of the molecule is CN(Cc1cccc2cnccc12)C(=O)c1cccc(N)n1. The van der Waals surface area contributed by atoms with Crippen LogP contribution in [0.5, 0.6) is 0 Å². The second-order valence-electron chi connectivity index (χ2n) is 5.12. The molecule has 5 heteroatoms. The van der Waals surface area contributed by atoms with Crippen LogP contribution in [-0.2, 0) is 6.54 Å². The third-order valence-corrected chi connectivity index (χ3v) is 3.52. The Kier molecular flexibility index (Phi) is 3.70. The summed E-state index contributed by atoms with van der Waals surface area (Å²) in [6, 6.07) is 13.0. The molecule has 0 aliphatic carbocycles. The van der Waals surface area contributed by atoms with Crippen LogP contribution in [0, 0.1) is 0 Å². The fraction of sp³-hybridized carbons (Fsp3) is 0.118. The first kappa shape index (κ1) is 14.0. The molecule has 22 heavy (non-hydrogen) atoms. The molecule has 3 aromatic rings. The van der Waals surface area contributed by atoms with Gasteiger partial charge < -0.3 is 10.6 Å². The second kappa shape index (κ2) is 5.81. The maximum atomic E-state index is 12.4. The predicted octanol–water partition coefficient (Wildman–Crippen LogP) is 2.48. The van der Waals surface area contributed by atoms with Crippen molar-refractivity contribution < 1.29 is 4.79 Å². The lowest BCUT2D eigenvalue weighted by Gasteiger charge is -2.18. The number of hydrogen-bond acceptors (Lipinski definition) is 4. The molecule has 0 aliphatic rings. The quantitative estimate of drug-likeness (QED) is 0.805. The predicted molar refractivity (Wildman–Crippen MR) is 86.2 cm³/mol. The Hall–Kier alpha value is -2.95. The molecule has 1 amide bonds. The fourth-order valence-electron chi connectivity index (χ4n) is 2.42. The number of aromatic nitrogens is 2. The van der Waals surface area contributed by atoms with Gasteiger partial charge in [-0.3, -0.25) is 9.78 Å². The Bertz CT molecular complexity index is 826. The van der Waals surface area contributed by atoms with Crippen LogP contribution < -0.4 is 5.73 Å². The molecule has 0 bridgehead atoms. The minimum absolute atomic E-state index is 0.154. The van der Waals surface area contributed by atoms with Crippen molar-refractivity contribution in [2.75, 3.05) is 12.8 Å². The highest BCUT2D eigenvalue weighted by atomic mass is 16.2. The van der Waals surface area contributed by atoms with E-state index in [0.717, 1.165) is 16.3 Å². The number of nitrogens with two attached hydrogens (primary N) is 1. The number of fused-ring (bicyclic) bond motifs is 1. The average Bonchev–Trinajstić information content (AvgIpc) is 2.54. The molecule has 0 fully saturated rings. The lowest BCUT2D eigenvalue weighted by molar-refractivity contribution is 0.0780. The molecule has 0 spiro atoms. The summed E-state index contributed by atoms with van der Waals surface area (Å²) in [7, 11) is 1.76. The Morgan fingerprint density at radius 3 is 2.82 bits per heavy atom. The van der Waals surface area contributed by atoms with Crippen LogP contribution >= 0.6 is 0 Å². The highest BCUT2D eigenvalue weighted by molar-refractivity contribution is 5.93. The van der Waals surface area contributed by atoms with Crippen molar-refractivity contribution in [1.29, 1.82) is 0 Å². The summed E-state index contributed by atoms with van der Waals surface area (Å²) >= 11 is 0. The van der Waals surface area contributed by atoms with Gasteiger partial charge in [0.25, 0.3) is 5.91 Å². The summed E-state index contributed by atoms with van der Waals surface area (Å²) in [5.74, 6) is 0.189. The van der Waals surface area contributed by atoms with Gasteiger partial charge in [-0.1, -0.05) is 24.3 Å². The third kappa shape index (κ3) is 2.74. The Balaban J connectivity index is 1.87. The summed E-state index contributed by atoms with van der Waals surface area (Å²) in [5, 5.41) is 2.15. The number of nitrogens with zero attached hydrogens (tertiary/aromatic N) is 3. The van der Waals surface area contributed by atoms with Crippen LogP contribution in [0.2, 0.25) is 0 Å². The summed E-state index contributed by atoms with van der Waals surface area (Å²) in [6.45, 7) is 0.497. The standard InChI is InChI=1S/C17H16N4O/c1-21(17(22)15-6-3-7-16(18)20-15)11-13-5-2-4-12-10-19-9-8-14(12)13/h2-10H,11H2,1H3,(H2,18,20). The Morgan fingerprint density at radius 2 is 2.00 bits per heavy atom. The second-order valence-corrected chi connectivity index (χ2v) is 5.12. The molecule has 0 aliphatic heterocycles. The van der Waals surface area contributed by atoms with Crippen LogP contribution in [0.3, 0.4) is 0 Å². The van der Waals surface area contributed by atoms with Gasteiger partial charge in [0.1, 0.15) is 11.5 Å². The minimum Gasteiger partial charge on any atom is -0.384 e. The third-order valence-electron chi connectivity index (χ3n) is 3.52. The number of carbonyl (C=O) groups excluding carboxylic acids is 1. The summed E-state index contributed by atoms with van der Waals surface area (Å²) < 4.78 is 0. The van der Waals surface area contributed by atoms with E-state index in [1.165, 1.54) is 0 Å². The molecule has 0 radical (unpaired) electrons. The van der Waals surface area contributed by atoms with E-state index >= 15 is 0 Å². The molecule has 110 valence electrons. The van der Waals surface area contributed by atoms with Gasteiger partial charge in [0, 0.05) is 31.4 Å². The monoisotopic (exact) mass is 292 g/mol. The van der Waals surface area contributed by atoms with Crippen LogP contribution in [-0.4, -0.2) is 27.8 Å². The van der Waals surface area contributed by atoms with Crippen molar-refractivity contribution >= 4 is 22.5 Å². The van der Waals surface area contributed by atoms with E-state index < -0.39 is 0 Å². The number of nitrogen functional groups attached to an aromatic ring is 1. The molecular weight excluding hydrogens is 276 g/mol. The fourth-order valence-corrected chi connectivity index (χ4v) is 2.42. The highest BCUT2D eigenvalue weighted by Gasteiger charge is 2.14. The summed E-state index contributed by atoms with van der Waals surface area (Å²) in [5.41, 5.74) is 7.06. The molecule has 2 N–H and O–H groups in total. The Morgan fingerprint density at radius 1 is 1.18 bits per heavy atom. The number of carbonyl (C=O) groups is 1. The van der Waals surface area contributed by atoms with Crippen LogP contribution in [0.1, 0.15) is 16.1 Å². The zero-order chi connectivity index (χ0) is 15.5. The van der Waals surface area contributed by atoms with Crippen molar-refractivity contribution in [3.63, 3.8) is 0 Å². The molecule has 0 saturated heterocycles. The number of hydrogen-bond donors (Lipinski definition) is 1. The number of amides is 1. The van der Waals surface area contributed by atoms with Gasteiger partial charge in [0.15, 0.2) is 0 Å². The first-order chi connectivity index (χ1) is 10.6. The summed E-state index contributed by atoms with van der Waals surface area (Å²) in [4.78, 5) is 22.3. The van der Waals surface area contributed by atoms with E-state index in [-0.39, 0.29) is 5.91 Å². The van der Waals surface area contributed by atoms with Gasteiger partial charge in [-0.15, -0.1) is 0 Å². The Labute approximate surface area is 128 Å². The largest absolute Gasteiger partial charge is 0.384 e. The number of benzene rings is 1. The van der Waals surface area contributed by atoms with Crippen LogP contribution in [0.25, 0.3) is 10.8 Å². The lowest BCUT2D eigenvalue weighted by atomic mass is 10.1. The van der Waals surface area contributed by atoms with Gasteiger partial charge in [-0.25, -0.2) is 4.98 Å². The van der Waals surface area contributed by atoms with E-state index in [1.807, 2.05) is 30.5 Å². The van der Waals surface area contributed by atoms with E-state index in [9.17, 15) is 4.79 Å². The molecule has 0 unspecified atom stereocenters. The van der Waals surface area contributed by atoms with Crippen molar-refractivity contribution in [3.8, 4) is 0 Å². The van der Waals surface area contributed by atoms with Crippen molar-refractivity contribution in [3.05, 3.63) is 66.1 Å². The zero-order valence-electron chi connectivity index (χ0n) is 12.2. The maximum absolute atomic E-state index is 12.4. The zero-order valence-corrected chi connectivity index (χ0v) is 12.2. The van der Waals surface area contributed by atoms with Gasteiger partial charge in [-0.2, -0.15) is 0 Å². The topological polar surface area (TPSA) is 72.1 Å². The van der Waals surface area contributed by atoms with Gasteiger partial charge >= 0.3 is 0 Å². The van der Waals surface area contributed by atoms with Gasteiger partial charge in [-0.05, 0) is 29.1 Å². The molecule has 2 heterocycles. The molecule has 0 atom stereocenters. The number of anilines is 1. The average molecular weight is 292 g/mol. The first-order valence-electron chi connectivity index (χ1n) is 6.95. The van der Waals surface area contributed by atoms with Crippen molar-refractivity contribution in [2.45, 2.75) is 6.54 Å². The van der Waals surface area contributed by atoms with Crippen molar-refractivity contribution in [2.24, 2.45) is 0 Å². The van der Waals surface area contributed by atoms with Gasteiger partial charge in [0.05, 0.1) is 0 Å². The highest BCUT2D eigenvalue weighted by Crippen LogP contribution is 2.19. The molecule has 0 saturated carbocycles. The van der Waals surface area contributed by atoms with E-state index in [4.69, 9.17) is 5.73 Å². The van der Waals surface area contributed by atoms with Crippen LogP contribution in [0.4, 0.5) is 5.82 Å². The van der Waals surface area contributed by atoms with Gasteiger partial charge in [0.2, 0.25) is 0 Å². The number of pyridine rings is 2. The molecule has 1 aromatic carbocycles. The minimum atomic E-state index is -0.154. The first-order valence-corrected chi connectivity index (χ1v) is 6.95. The number of rotatable bonds is 3. The molecular formula is C17H16N4O. The van der Waals surface area contributed by atoms with Crippen molar-refractivity contribution in [1.82, 2.24) is 14.9 Å². The van der Waals surface area contributed by atoms with E-state index in [0.29, 0.717) is 18.1 Å². The van der Waals surface area contributed by atoms with E-state index in [1.54, 1.807) is 36.3 Å². The molecule has 2 aromatic heterocycles. The van der Waals surface area contributed by atoms with E-state index in [2.05, 4.69) is 9.97 Å². The lowest BCUT2D eigenvalue weighted by Crippen LogP contribution is -2.27.